The van der Waals surface area contributed by atoms with Crippen molar-refractivity contribution in [3.63, 3.8) is 0 Å². The highest BCUT2D eigenvalue weighted by Crippen LogP contribution is 2.44. The zero-order chi connectivity index (χ0) is 23.5. The number of rotatable bonds is 4. The van der Waals surface area contributed by atoms with E-state index in [2.05, 4.69) is 5.32 Å². The maximum atomic E-state index is 12.9. The summed E-state index contributed by atoms with van der Waals surface area (Å²) in [5.74, 6) is 1.35. The van der Waals surface area contributed by atoms with Gasteiger partial charge in [0.1, 0.15) is 5.75 Å². The number of anilines is 1. The van der Waals surface area contributed by atoms with Crippen molar-refractivity contribution >= 4 is 29.4 Å². The Balaban J connectivity index is 1.33. The van der Waals surface area contributed by atoms with Gasteiger partial charge in [-0.05, 0) is 43.2 Å². The molecule has 2 aromatic carbocycles. The summed E-state index contributed by atoms with van der Waals surface area (Å²) in [5, 5.41) is 2.56. The van der Waals surface area contributed by atoms with E-state index in [-0.39, 0.29) is 23.1 Å². The number of carbonyl (C=O) groups excluding carboxylic acids is 2. The molecule has 10 heteroatoms. The summed E-state index contributed by atoms with van der Waals surface area (Å²) in [6, 6.07) is 13.3. The monoisotopic (exact) mass is 479 g/mol. The predicted octanol–water partition coefficient (Wildman–Crippen LogP) is 4.68. The number of para-hydroxylation sites is 1. The van der Waals surface area contributed by atoms with Gasteiger partial charge < -0.3 is 19.9 Å². The molecule has 3 amide bonds. The van der Waals surface area contributed by atoms with Crippen LogP contribution in [0.1, 0.15) is 18.4 Å². The van der Waals surface area contributed by atoms with Gasteiger partial charge in [-0.3, -0.25) is 4.79 Å². The van der Waals surface area contributed by atoms with E-state index in [1.165, 1.54) is 12.1 Å². The molecule has 176 valence electrons. The fraction of sp³-hybridized carbons (Fsp3) is 0.391. The van der Waals surface area contributed by atoms with Crippen LogP contribution in [0.3, 0.4) is 0 Å². The molecule has 6 nitrogen and oxygen atoms in total. The van der Waals surface area contributed by atoms with Crippen molar-refractivity contribution in [3.05, 3.63) is 60.2 Å². The molecule has 0 bridgehead atoms. The molecule has 2 saturated heterocycles. The van der Waals surface area contributed by atoms with Crippen LogP contribution in [0.2, 0.25) is 0 Å². The number of hydrogen-bond acceptors (Lipinski definition) is 4. The Morgan fingerprint density at radius 1 is 1.03 bits per heavy atom. The highest BCUT2D eigenvalue weighted by molar-refractivity contribution is 8.00. The molecular formula is C23H24F3N3O3S. The fourth-order valence-corrected chi connectivity index (χ4v) is 5.62. The number of halogens is 3. The predicted molar refractivity (Wildman–Crippen MR) is 120 cm³/mol. The van der Waals surface area contributed by atoms with Crippen LogP contribution in [0.4, 0.5) is 23.7 Å². The van der Waals surface area contributed by atoms with Gasteiger partial charge in [0.15, 0.2) is 6.61 Å². The van der Waals surface area contributed by atoms with Gasteiger partial charge in [0, 0.05) is 31.1 Å². The van der Waals surface area contributed by atoms with Crippen LogP contribution >= 0.6 is 11.8 Å². The summed E-state index contributed by atoms with van der Waals surface area (Å²) in [6.07, 6.45) is -3.30. The normalized spacial score (nSPS) is 17.8. The first-order valence-corrected chi connectivity index (χ1v) is 11.6. The van der Waals surface area contributed by atoms with Crippen molar-refractivity contribution in [2.75, 3.05) is 37.3 Å². The maximum Gasteiger partial charge on any atom is 0.416 e. The first kappa shape index (κ1) is 23.3. The summed E-state index contributed by atoms with van der Waals surface area (Å²) in [7, 11) is 0. The van der Waals surface area contributed by atoms with Crippen molar-refractivity contribution in [3.8, 4) is 5.75 Å². The van der Waals surface area contributed by atoms with Gasteiger partial charge in [-0.15, -0.1) is 11.8 Å². The zero-order valence-electron chi connectivity index (χ0n) is 17.8. The molecule has 1 N–H and O–H groups in total. The SMILES string of the molecule is O=C(Nc1cccc(C(F)(F)F)c1)N1CCC2(CC1)SCCN2C(=O)COc1ccccc1. The van der Waals surface area contributed by atoms with Gasteiger partial charge in [0.25, 0.3) is 5.91 Å². The topological polar surface area (TPSA) is 61.9 Å². The highest BCUT2D eigenvalue weighted by Gasteiger charge is 2.47. The minimum atomic E-state index is -4.47. The summed E-state index contributed by atoms with van der Waals surface area (Å²) < 4.78 is 44.4. The number of carbonyl (C=O) groups is 2. The second-order valence-corrected chi connectivity index (χ2v) is 9.39. The van der Waals surface area contributed by atoms with Crippen LogP contribution in [0.25, 0.3) is 0 Å². The van der Waals surface area contributed by atoms with Gasteiger partial charge in [-0.25, -0.2) is 4.79 Å². The van der Waals surface area contributed by atoms with Gasteiger partial charge in [-0.2, -0.15) is 13.2 Å². The molecule has 2 aliphatic rings. The quantitative estimate of drug-likeness (QED) is 0.692. The van der Waals surface area contributed by atoms with E-state index in [1.54, 1.807) is 28.8 Å². The van der Waals surface area contributed by atoms with Crippen LogP contribution in [0.5, 0.6) is 5.75 Å². The number of ether oxygens (including phenoxy) is 1. The molecule has 1 spiro atoms. The second kappa shape index (κ2) is 9.54. The van der Waals surface area contributed by atoms with Gasteiger partial charge in [-0.1, -0.05) is 24.3 Å². The largest absolute Gasteiger partial charge is 0.484 e. The number of benzene rings is 2. The van der Waals surface area contributed by atoms with Crippen molar-refractivity contribution in [1.29, 1.82) is 0 Å². The Morgan fingerprint density at radius 2 is 1.76 bits per heavy atom. The Morgan fingerprint density at radius 3 is 2.45 bits per heavy atom. The summed E-state index contributed by atoms with van der Waals surface area (Å²) in [5.41, 5.74) is -0.715. The summed E-state index contributed by atoms with van der Waals surface area (Å²) in [6.45, 7) is 1.38. The van der Waals surface area contributed by atoms with E-state index in [1.807, 2.05) is 23.1 Å². The van der Waals surface area contributed by atoms with E-state index < -0.39 is 17.8 Å². The third-order valence-electron chi connectivity index (χ3n) is 5.86. The van der Waals surface area contributed by atoms with Gasteiger partial charge in [0.2, 0.25) is 0 Å². The average Bonchev–Trinajstić information content (AvgIpc) is 3.21. The molecule has 2 aliphatic heterocycles. The lowest BCUT2D eigenvalue weighted by Gasteiger charge is -2.43. The molecule has 0 unspecified atom stereocenters. The van der Waals surface area contributed by atoms with E-state index in [9.17, 15) is 22.8 Å². The molecule has 0 aromatic heterocycles. The summed E-state index contributed by atoms with van der Waals surface area (Å²) >= 11 is 1.71. The third kappa shape index (κ3) is 5.38. The number of urea groups is 1. The molecule has 4 rings (SSSR count). The molecule has 0 radical (unpaired) electrons. The van der Waals surface area contributed by atoms with Crippen molar-refractivity contribution in [2.45, 2.75) is 23.9 Å². The minimum absolute atomic E-state index is 0.0495. The van der Waals surface area contributed by atoms with Gasteiger partial charge >= 0.3 is 12.2 Å². The smallest absolute Gasteiger partial charge is 0.416 e. The Bertz CT molecular complexity index is 995. The number of amides is 3. The van der Waals surface area contributed by atoms with Gasteiger partial charge in [0.05, 0.1) is 10.4 Å². The lowest BCUT2D eigenvalue weighted by atomic mass is 10.0. The molecule has 2 fully saturated rings. The number of hydrogen-bond donors (Lipinski definition) is 1. The molecule has 0 aliphatic carbocycles. The first-order chi connectivity index (χ1) is 15.8. The van der Waals surface area contributed by atoms with Crippen LogP contribution in [0.15, 0.2) is 54.6 Å². The fourth-order valence-electron chi connectivity index (χ4n) is 4.15. The molecule has 0 atom stereocenters. The van der Waals surface area contributed by atoms with E-state index in [0.29, 0.717) is 38.2 Å². The Kier molecular flexibility index (Phi) is 6.73. The average molecular weight is 480 g/mol. The van der Waals surface area contributed by atoms with E-state index >= 15 is 0 Å². The van der Waals surface area contributed by atoms with Crippen LogP contribution in [-0.2, 0) is 11.0 Å². The zero-order valence-corrected chi connectivity index (χ0v) is 18.6. The molecule has 2 heterocycles. The standard InChI is InChI=1S/C23H24F3N3O3S/c24-23(25,26)17-5-4-6-18(15-17)27-21(31)28-11-9-22(10-12-28)29(13-14-33-22)20(30)16-32-19-7-2-1-3-8-19/h1-8,15H,9-14,16H2,(H,27,31). The maximum absolute atomic E-state index is 12.9. The number of nitrogens with zero attached hydrogens (tertiary/aromatic N) is 2. The third-order valence-corrected chi connectivity index (χ3v) is 7.41. The first-order valence-electron chi connectivity index (χ1n) is 10.6. The highest BCUT2D eigenvalue weighted by atomic mass is 32.2. The van der Waals surface area contributed by atoms with Crippen molar-refractivity contribution in [1.82, 2.24) is 9.80 Å². The van der Waals surface area contributed by atoms with Crippen molar-refractivity contribution in [2.24, 2.45) is 0 Å². The Hall–Kier alpha value is -2.88. The van der Waals surface area contributed by atoms with Crippen molar-refractivity contribution < 1.29 is 27.5 Å². The lowest BCUT2D eigenvalue weighted by molar-refractivity contribution is -0.138. The van der Waals surface area contributed by atoms with Crippen LogP contribution < -0.4 is 10.1 Å². The number of piperidine rings is 1. The summed E-state index contributed by atoms with van der Waals surface area (Å²) in [4.78, 5) is 28.5. The number of nitrogens with one attached hydrogen (secondary N) is 1. The lowest BCUT2D eigenvalue weighted by Crippen LogP contribution is -2.55. The molecule has 0 saturated carbocycles. The molecule has 33 heavy (non-hydrogen) atoms. The number of thioether (sulfide) groups is 1. The van der Waals surface area contributed by atoms with E-state index in [0.717, 1.165) is 17.9 Å². The van der Waals surface area contributed by atoms with Crippen LogP contribution in [0, 0.1) is 0 Å². The molecular weight excluding hydrogens is 455 g/mol. The number of alkyl halides is 3. The van der Waals surface area contributed by atoms with E-state index in [4.69, 9.17) is 4.74 Å². The number of likely N-dealkylation sites (tertiary alicyclic amines) is 1. The second-order valence-electron chi connectivity index (χ2n) is 7.94. The minimum Gasteiger partial charge on any atom is -0.484 e. The molecule has 2 aromatic rings. The Labute approximate surface area is 194 Å². The van der Waals surface area contributed by atoms with Crippen LogP contribution in [-0.4, -0.2) is 58.6 Å².